The van der Waals surface area contributed by atoms with Gasteiger partial charge in [0.2, 0.25) is 0 Å². The zero-order valence-electron chi connectivity index (χ0n) is 11.5. The van der Waals surface area contributed by atoms with E-state index in [1.54, 1.807) is 0 Å². The van der Waals surface area contributed by atoms with Gasteiger partial charge in [-0.05, 0) is 61.4 Å². The molecule has 0 bridgehead atoms. The largest absolute Gasteiger partial charge is 0.512 e. The number of benzene rings is 1. The van der Waals surface area contributed by atoms with Crippen LogP contribution in [0, 0.1) is 27.7 Å². The third-order valence-electron chi connectivity index (χ3n) is 4.06. The number of aliphatic hydroxyl groups is 1. The molecular weight excluding hydrogens is 224 g/mol. The van der Waals surface area contributed by atoms with Gasteiger partial charge in [-0.1, -0.05) is 6.07 Å². The molecule has 1 atom stereocenters. The first-order valence-electron chi connectivity index (χ1n) is 6.39. The van der Waals surface area contributed by atoms with Gasteiger partial charge in [0.05, 0.1) is 5.76 Å². The zero-order valence-corrected chi connectivity index (χ0v) is 11.5. The molecule has 0 amide bonds. The van der Waals surface area contributed by atoms with Gasteiger partial charge in [-0.3, -0.25) is 4.79 Å². The second-order valence-corrected chi connectivity index (χ2v) is 5.38. The number of hydrogen-bond acceptors (Lipinski definition) is 2. The average molecular weight is 244 g/mol. The standard InChI is InChI=1S/C16H20O2/c1-9-5-10(2)12(4)16(11(9)3)13-6-14(17)8-15(18)7-13/h5,8,13,17H,6-7H2,1-4H3. The molecule has 0 aromatic heterocycles. The van der Waals surface area contributed by atoms with Gasteiger partial charge >= 0.3 is 0 Å². The number of aryl methyl sites for hydroxylation is 2. The highest BCUT2D eigenvalue weighted by molar-refractivity contribution is 5.91. The normalized spacial score (nSPS) is 19.9. The molecule has 1 unspecified atom stereocenters. The van der Waals surface area contributed by atoms with Gasteiger partial charge in [0.25, 0.3) is 0 Å². The van der Waals surface area contributed by atoms with Crippen molar-refractivity contribution in [1.29, 1.82) is 0 Å². The quantitative estimate of drug-likeness (QED) is 0.815. The van der Waals surface area contributed by atoms with Crippen LogP contribution in [-0.4, -0.2) is 10.9 Å². The van der Waals surface area contributed by atoms with Gasteiger partial charge in [0.1, 0.15) is 0 Å². The molecule has 0 radical (unpaired) electrons. The lowest BCUT2D eigenvalue weighted by molar-refractivity contribution is -0.115. The Labute approximate surface area is 108 Å². The fourth-order valence-corrected chi connectivity index (χ4v) is 2.94. The second-order valence-electron chi connectivity index (χ2n) is 5.38. The van der Waals surface area contributed by atoms with E-state index in [9.17, 15) is 9.90 Å². The van der Waals surface area contributed by atoms with Crippen molar-refractivity contribution in [3.63, 3.8) is 0 Å². The van der Waals surface area contributed by atoms with E-state index in [0.717, 1.165) is 0 Å². The summed E-state index contributed by atoms with van der Waals surface area (Å²) in [6, 6.07) is 2.19. The van der Waals surface area contributed by atoms with Crippen LogP contribution in [0.2, 0.25) is 0 Å². The van der Waals surface area contributed by atoms with E-state index in [1.807, 2.05) is 0 Å². The molecule has 1 aromatic carbocycles. The number of carbonyl (C=O) groups is 1. The molecule has 0 saturated heterocycles. The van der Waals surface area contributed by atoms with E-state index < -0.39 is 0 Å². The van der Waals surface area contributed by atoms with Gasteiger partial charge in [-0.2, -0.15) is 0 Å². The fourth-order valence-electron chi connectivity index (χ4n) is 2.94. The monoisotopic (exact) mass is 244 g/mol. The van der Waals surface area contributed by atoms with Crippen LogP contribution < -0.4 is 0 Å². The summed E-state index contributed by atoms with van der Waals surface area (Å²) in [5.74, 6) is 0.372. The van der Waals surface area contributed by atoms with Crippen molar-refractivity contribution in [3.05, 3.63) is 45.7 Å². The lowest BCUT2D eigenvalue weighted by Gasteiger charge is -2.25. The predicted octanol–water partition coefficient (Wildman–Crippen LogP) is 3.81. The van der Waals surface area contributed by atoms with E-state index in [4.69, 9.17) is 0 Å². The van der Waals surface area contributed by atoms with E-state index >= 15 is 0 Å². The van der Waals surface area contributed by atoms with Crippen LogP contribution in [0.3, 0.4) is 0 Å². The molecule has 2 nitrogen and oxygen atoms in total. The van der Waals surface area contributed by atoms with Crippen LogP contribution in [0.15, 0.2) is 17.9 Å². The highest BCUT2D eigenvalue weighted by Crippen LogP contribution is 2.36. The van der Waals surface area contributed by atoms with E-state index in [2.05, 4.69) is 33.8 Å². The zero-order chi connectivity index (χ0) is 13.4. The maximum atomic E-state index is 11.6. The summed E-state index contributed by atoms with van der Waals surface area (Å²) < 4.78 is 0. The Morgan fingerprint density at radius 3 is 2.11 bits per heavy atom. The number of ketones is 1. The SMILES string of the molecule is Cc1cc(C)c(C)c(C2CC(=O)C=C(O)C2)c1C. The number of allylic oxidation sites excluding steroid dienone is 2. The minimum absolute atomic E-state index is 0.0294. The summed E-state index contributed by atoms with van der Waals surface area (Å²) in [7, 11) is 0. The highest BCUT2D eigenvalue weighted by Gasteiger charge is 2.25. The third kappa shape index (κ3) is 2.20. The molecule has 0 saturated carbocycles. The van der Waals surface area contributed by atoms with Crippen molar-refractivity contribution in [2.45, 2.75) is 46.5 Å². The molecule has 2 rings (SSSR count). The Morgan fingerprint density at radius 2 is 1.61 bits per heavy atom. The molecule has 1 aliphatic rings. The molecule has 1 N–H and O–H groups in total. The van der Waals surface area contributed by atoms with Crippen LogP contribution in [-0.2, 0) is 4.79 Å². The van der Waals surface area contributed by atoms with Crippen LogP contribution in [0.1, 0.15) is 46.6 Å². The topological polar surface area (TPSA) is 37.3 Å². The highest BCUT2D eigenvalue weighted by atomic mass is 16.3. The van der Waals surface area contributed by atoms with Crippen molar-refractivity contribution >= 4 is 5.78 Å². The Balaban J connectivity index is 2.52. The maximum absolute atomic E-state index is 11.6. The molecule has 18 heavy (non-hydrogen) atoms. The first-order chi connectivity index (χ1) is 8.40. The molecule has 0 spiro atoms. The number of hydrogen-bond donors (Lipinski definition) is 1. The number of aliphatic hydroxyl groups excluding tert-OH is 1. The van der Waals surface area contributed by atoms with Gasteiger partial charge in [0, 0.05) is 18.9 Å². The Kier molecular flexibility index (Phi) is 3.29. The molecule has 1 aliphatic carbocycles. The summed E-state index contributed by atoms with van der Waals surface area (Å²) in [4.78, 5) is 11.6. The van der Waals surface area contributed by atoms with Crippen LogP contribution >= 0.6 is 0 Å². The number of carbonyl (C=O) groups excluding carboxylic acids is 1. The van der Waals surface area contributed by atoms with Gasteiger partial charge < -0.3 is 5.11 Å². The Bertz CT molecular complexity index is 512. The van der Waals surface area contributed by atoms with E-state index in [1.165, 1.54) is 33.9 Å². The third-order valence-corrected chi connectivity index (χ3v) is 4.06. The van der Waals surface area contributed by atoms with Crippen molar-refractivity contribution in [2.75, 3.05) is 0 Å². The lowest BCUT2D eigenvalue weighted by atomic mass is 9.79. The molecular formula is C16H20O2. The molecule has 0 aliphatic heterocycles. The van der Waals surface area contributed by atoms with Gasteiger partial charge in [0.15, 0.2) is 5.78 Å². The van der Waals surface area contributed by atoms with Crippen molar-refractivity contribution in [3.8, 4) is 0 Å². The van der Waals surface area contributed by atoms with Crippen molar-refractivity contribution in [2.24, 2.45) is 0 Å². The fraction of sp³-hybridized carbons (Fsp3) is 0.438. The summed E-state index contributed by atoms with van der Waals surface area (Å²) in [6.07, 6.45) is 2.45. The molecule has 0 heterocycles. The first kappa shape index (κ1) is 12.9. The molecule has 96 valence electrons. The van der Waals surface area contributed by atoms with Crippen molar-refractivity contribution < 1.29 is 9.90 Å². The lowest BCUT2D eigenvalue weighted by Crippen LogP contribution is -2.15. The van der Waals surface area contributed by atoms with Crippen molar-refractivity contribution in [1.82, 2.24) is 0 Å². The Hall–Kier alpha value is -1.57. The molecule has 1 aromatic rings. The maximum Gasteiger partial charge on any atom is 0.159 e. The molecule has 2 heteroatoms. The van der Waals surface area contributed by atoms with Crippen LogP contribution in [0.5, 0.6) is 0 Å². The summed E-state index contributed by atoms with van der Waals surface area (Å²) in [5, 5.41) is 9.67. The minimum Gasteiger partial charge on any atom is -0.512 e. The summed E-state index contributed by atoms with van der Waals surface area (Å²) in [6.45, 7) is 8.42. The average Bonchev–Trinajstić information content (AvgIpc) is 2.25. The predicted molar refractivity (Wildman–Crippen MR) is 73.1 cm³/mol. The van der Waals surface area contributed by atoms with Crippen LogP contribution in [0.25, 0.3) is 0 Å². The Morgan fingerprint density at radius 1 is 1.06 bits per heavy atom. The summed E-state index contributed by atoms with van der Waals surface area (Å²) in [5.41, 5.74) is 6.28. The summed E-state index contributed by atoms with van der Waals surface area (Å²) >= 11 is 0. The first-order valence-corrected chi connectivity index (χ1v) is 6.39. The second kappa shape index (κ2) is 4.60. The molecule has 0 fully saturated rings. The van der Waals surface area contributed by atoms with Gasteiger partial charge in [-0.15, -0.1) is 0 Å². The van der Waals surface area contributed by atoms with E-state index in [0.29, 0.717) is 12.8 Å². The van der Waals surface area contributed by atoms with Crippen LogP contribution in [0.4, 0.5) is 0 Å². The van der Waals surface area contributed by atoms with E-state index in [-0.39, 0.29) is 17.5 Å². The number of rotatable bonds is 1. The van der Waals surface area contributed by atoms with Gasteiger partial charge in [-0.25, -0.2) is 0 Å². The smallest absolute Gasteiger partial charge is 0.159 e. The minimum atomic E-state index is 0.0294.